The Bertz CT molecular complexity index is 815. The lowest BCUT2D eigenvalue weighted by Crippen LogP contribution is -2.30. The molecule has 2 aromatic heterocycles. The van der Waals surface area contributed by atoms with Crippen LogP contribution >= 0.6 is 0 Å². The fraction of sp³-hybridized carbons (Fsp3) is 0.133. The molecular weight excluding hydrogens is 278 g/mol. The van der Waals surface area contributed by atoms with Crippen LogP contribution in [0.2, 0.25) is 0 Å². The molecule has 2 N–H and O–H groups in total. The zero-order chi connectivity index (χ0) is 14.9. The molecule has 0 spiro atoms. The number of nitrogens with zero attached hydrogens (tertiary/aromatic N) is 5. The number of rotatable bonds is 3. The summed E-state index contributed by atoms with van der Waals surface area (Å²) < 4.78 is 1.86. The monoisotopic (exact) mass is 293 g/mol. The zero-order valence-electron chi connectivity index (χ0n) is 12.1. The quantitative estimate of drug-likeness (QED) is 0.772. The van der Waals surface area contributed by atoms with Gasteiger partial charge in [-0.3, -0.25) is 15.5 Å². The Morgan fingerprint density at radius 3 is 2.86 bits per heavy atom. The van der Waals surface area contributed by atoms with E-state index in [2.05, 4.69) is 37.8 Å². The van der Waals surface area contributed by atoms with Crippen LogP contribution < -0.4 is 5.43 Å². The van der Waals surface area contributed by atoms with Crippen LogP contribution in [0.25, 0.3) is 5.70 Å². The van der Waals surface area contributed by atoms with Crippen LogP contribution in [0.4, 0.5) is 5.82 Å². The Labute approximate surface area is 127 Å². The number of benzene rings is 1. The van der Waals surface area contributed by atoms with Crippen LogP contribution in [0.3, 0.4) is 0 Å². The Hall–Kier alpha value is -3.09. The number of hydrogen-bond donors (Lipinski definition) is 2. The molecule has 0 radical (unpaired) electrons. The van der Waals surface area contributed by atoms with E-state index in [4.69, 9.17) is 0 Å². The number of H-pyrrole nitrogens is 1. The first-order valence-corrected chi connectivity index (χ1v) is 7.01. The molecule has 0 saturated heterocycles. The third-order valence-corrected chi connectivity index (χ3v) is 3.47. The third kappa shape index (κ3) is 2.22. The van der Waals surface area contributed by atoms with Gasteiger partial charge >= 0.3 is 0 Å². The lowest BCUT2D eigenvalue weighted by molar-refractivity contribution is 0.407. The molecule has 0 atom stereocenters. The van der Waals surface area contributed by atoms with Crippen molar-refractivity contribution < 1.29 is 0 Å². The van der Waals surface area contributed by atoms with Crippen LogP contribution in [0.1, 0.15) is 17.1 Å². The zero-order valence-corrected chi connectivity index (χ0v) is 12.1. The van der Waals surface area contributed by atoms with Gasteiger partial charge in [-0.15, -0.1) is 0 Å². The summed E-state index contributed by atoms with van der Waals surface area (Å²) in [6, 6.07) is 12.1. The highest BCUT2D eigenvalue weighted by Gasteiger charge is 2.20. The molecule has 3 aromatic rings. The third-order valence-electron chi connectivity index (χ3n) is 3.47. The maximum atomic E-state index is 4.33. The van der Waals surface area contributed by atoms with Crippen molar-refractivity contribution in [2.24, 2.45) is 0 Å². The molecule has 3 heterocycles. The lowest BCUT2D eigenvalue weighted by Gasteiger charge is -2.27. The van der Waals surface area contributed by atoms with Crippen molar-refractivity contribution in [1.82, 2.24) is 30.0 Å². The molecule has 0 fully saturated rings. The number of anilines is 1. The highest BCUT2D eigenvalue weighted by atomic mass is 15.5. The average molecular weight is 293 g/mol. The first-order chi connectivity index (χ1) is 10.8. The van der Waals surface area contributed by atoms with Crippen molar-refractivity contribution in [1.29, 1.82) is 0 Å². The van der Waals surface area contributed by atoms with Gasteiger partial charge in [0.2, 0.25) is 0 Å². The predicted molar refractivity (Wildman–Crippen MR) is 82.3 cm³/mol. The van der Waals surface area contributed by atoms with E-state index in [1.807, 2.05) is 47.1 Å². The van der Waals surface area contributed by atoms with Crippen LogP contribution in [0.5, 0.6) is 0 Å². The van der Waals surface area contributed by atoms with Gasteiger partial charge in [-0.05, 0) is 6.92 Å². The van der Waals surface area contributed by atoms with E-state index >= 15 is 0 Å². The molecule has 22 heavy (non-hydrogen) atoms. The standard InChI is InChI=1S/C15H15N7/c1-11-7-14(19-18-11)20-21-8-13(12-5-3-2-4-6-12)22-15(9-21)16-10-17-22/h2-8,10H,9H2,1H3,(H2,18,19,20). The average Bonchev–Trinajstić information content (AvgIpc) is 3.16. The van der Waals surface area contributed by atoms with Gasteiger partial charge in [-0.1, -0.05) is 30.3 Å². The largest absolute Gasteiger partial charge is 0.284 e. The summed E-state index contributed by atoms with van der Waals surface area (Å²) in [6.07, 6.45) is 3.59. The molecule has 110 valence electrons. The molecule has 0 aliphatic carbocycles. The number of fused-ring (bicyclic) bond motifs is 1. The van der Waals surface area contributed by atoms with Gasteiger partial charge in [-0.2, -0.15) is 10.2 Å². The van der Waals surface area contributed by atoms with Gasteiger partial charge in [0, 0.05) is 23.5 Å². The Morgan fingerprint density at radius 2 is 2.09 bits per heavy atom. The number of aromatic amines is 1. The number of hydrazine groups is 1. The minimum absolute atomic E-state index is 0.613. The fourth-order valence-electron chi connectivity index (χ4n) is 2.47. The maximum Gasteiger partial charge on any atom is 0.166 e. The minimum atomic E-state index is 0.613. The fourth-order valence-corrected chi connectivity index (χ4v) is 2.47. The summed E-state index contributed by atoms with van der Waals surface area (Å²) >= 11 is 0. The van der Waals surface area contributed by atoms with Crippen LogP contribution in [-0.4, -0.2) is 30.0 Å². The van der Waals surface area contributed by atoms with Gasteiger partial charge in [0.1, 0.15) is 6.33 Å². The SMILES string of the molecule is Cc1cc(NN2C=C(c3ccccc3)n3ncnc3C2)n[nH]1. The smallest absolute Gasteiger partial charge is 0.166 e. The normalized spacial score (nSPS) is 13.7. The summed E-state index contributed by atoms with van der Waals surface area (Å²) in [5, 5.41) is 13.4. The molecule has 7 heteroatoms. The second-order valence-electron chi connectivity index (χ2n) is 5.14. The number of aryl methyl sites for hydroxylation is 1. The highest BCUT2D eigenvalue weighted by Crippen LogP contribution is 2.23. The van der Waals surface area contributed by atoms with Crippen molar-refractivity contribution in [3.8, 4) is 0 Å². The Morgan fingerprint density at radius 1 is 1.23 bits per heavy atom. The second kappa shape index (κ2) is 5.03. The van der Waals surface area contributed by atoms with E-state index in [-0.39, 0.29) is 0 Å². The van der Waals surface area contributed by atoms with Crippen LogP contribution in [0, 0.1) is 6.92 Å². The lowest BCUT2D eigenvalue weighted by atomic mass is 10.1. The number of hydrogen-bond acceptors (Lipinski definition) is 5. The van der Waals surface area contributed by atoms with Gasteiger partial charge in [-0.25, -0.2) is 9.67 Å². The molecular formula is C15H15N7. The van der Waals surface area contributed by atoms with E-state index in [1.165, 1.54) is 0 Å². The molecule has 0 saturated carbocycles. The van der Waals surface area contributed by atoms with Gasteiger partial charge in [0.15, 0.2) is 11.6 Å². The van der Waals surface area contributed by atoms with E-state index < -0.39 is 0 Å². The Kier molecular flexibility index (Phi) is 2.89. The second-order valence-corrected chi connectivity index (χ2v) is 5.14. The van der Waals surface area contributed by atoms with E-state index in [1.54, 1.807) is 6.33 Å². The summed E-state index contributed by atoms with van der Waals surface area (Å²) in [6.45, 7) is 2.58. The van der Waals surface area contributed by atoms with Crippen molar-refractivity contribution in [2.75, 3.05) is 5.43 Å². The van der Waals surface area contributed by atoms with Crippen molar-refractivity contribution in [3.63, 3.8) is 0 Å². The van der Waals surface area contributed by atoms with Gasteiger partial charge < -0.3 is 0 Å². The topological polar surface area (TPSA) is 74.7 Å². The van der Waals surface area contributed by atoms with E-state index in [9.17, 15) is 0 Å². The van der Waals surface area contributed by atoms with E-state index in [0.717, 1.165) is 28.6 Å². The molecule has 0 unspecified atom stereocenters. The molecule has 4 rings (SSSR count). The highest BCUT2D eigenvalue weighted by molar-refractivity contribution is 5.66. The molecule has 7 nitrogen and oxygen atoms in total. The number of nitrogens with one attached hydrogen (secondary N) is 2. The number of aromatic nitrogens is 5. The molecule has 0 amide bonds. The molecule has 0 bridgehead atoms. The van der Waals surface area contributed by atoms with Crippen molar-refractivity contribution in [3.05, 3.63) is 66.0 Å². The minimum Gasteiger partial charge on any atom is -0.284 e. The van der Waals surface area contributed by atoms with Crippen molar-refractivity contribution >= 4 is 11.5 Å². The first kappa shape index (κ1) is 12.6. The summed E-state index contributed by atoms with van der Waals surface area (Å²) in [5.41, 5.74) is 6.33. The summed E-state index contributed by atoms with van der Waals surface area (Å²) in [7, 11) is 0. The van der Waals surface area contributed by atoms with Crippen molar-refractivity contribution in [2.45, 2.75) is 13.5 Å². The molecule has 1 aliphatic heterocycles. The maximum absolute atomic E-state index is 4.33. The predicted octanol–water partition coefficient (Wildman–Crippen LogP) is 2.00. The van der Waals surface area contributed by atoms with Gasteiger partial charge in [0.25, 0.3) is 0 Å². The summed E-state index contributed by atoms with van der Waals surface area (Å²) in [4.78, 5) is 4.33. The molecule has 1 aliphatic rings. The molecule has 1 aromatic carbocycles. The van der Waals surface area contributed by atoms with Gasteiger partial charge in [0.05, 0.1) is 12.2 Å². The van der Waals surface area contributed by atoms with E-state index in [0.29, 0.717) is 6.54 Å². The Balaban J connectivity index is 1.70. The van der Waals surface area contributed by atoms with Crippen LogP contribution in [-0.2, 0) is 6.54 Å². The summed E-state index contributed by atoms with van der Waals surface area (Å²) in [5.74, 6) is 1.65. The van der Waals surface area contributed by atoms with Crippen LogP contribution in [0.15, 0.2) is 48.9 Å². The first-order valence-electron chi connectivity index (χ1n) is 7.01.